The first kappa shape index (κ1) is 7.16. The molecule has 0 amide bonds. The zero-order chi connectivity index (χ0) is 8.55. The second-order valence-corrected chi connectivity index (χ2v) is 2.70. The first-order valence-corrected chi connectivity index (χ1v) is 3.76. The van der Waals surface area contributed by atoms with E-state index in [0.29, 0.717) is 5.56 Å². The van der Waals surface area contributed by atoms with Crippen LogP contribution in [0.25, 0.3) is 6.08 Å². The minimum absolute atomic E-state index is 0.273. The van der Waals surface area contributed by atoms with E-state index in [9.17, 15) is 4.79 Å². The van der Waals surface area contributed by atoms with Gasteiger partial charge < -0.3 is 9.30 Å². The third-order valence-corrected chi connectivity index (χ3v) is 1.94. The third-order valence-electron chi connectivity index (χ3n) is 1.94. The lowest BCUT2D eigenvalue weighted by atomic mass is 10.3. The number of esters is 1. The fourth-order valence-corrected chi connectivity index (χ4v) is 1.34. The molecule has 62 valence electrons. The fourth-order valence-electron chi connectivity index (χ4n) is 1.34. The van der Waals surface area contributed by atoms with Crippen molar-refractivity contribution in [3.63, 3.8) is 0 Å². The number of carbonyl (C=O) groups excluding carboxylic acids is 1. The van der Waals surface area contributed by atoms with E-state index >= 15 is 0 Å². The topological polar surface area (TPSA) is 31.2 Å². The fraction of sp³-hybridized carbons (Fsp3) is 0.222. The van der Waals surface area contributed by atoms with E-state index in [4.69, 9.17) is 0 Å². The maximum atomic E-state index is 11.1. The first-order chi connectivity index (χ1) is 5.81. The number of methoxy groups -OCH3 is 1. The average molecular weight is 163 g/mol. The van der Waals surface area contributed by atoms with Crippen molar-refractivity contribution in [1.29, 1.82) is 0 Å². The van der Waals surface area contributed by atoms with Gasteiger partial charge in [-0.15, -0.1) is 0 Å². The molecule has 0 bridgehead atoms. The molecule has 0 saturated carbocycles. The number of rotatable bonds is 1. The highest BCUT2D eigenvalue weighted by Gasteiger charge is 2.12. The Bertz CT molecular complexity index is 349. The molecule has 3 heteroatoms. The van der Waals surface area contributed by atoms with Crippen LogP contribution in [0.1, 0.15) is 16.1 Å². The Morgan fingerprint density at radius 1 is 1.67 bits per heavy atom. The van der Waals surface area contributed by atoms with Crippen molar-refractivity contribution in [1.82, 2.24) is 4.57 Å². The summed E-state index contributed by atoms with van der Waals surface area (Å²) in [7, 11) is 1.39. The minimum atomic E-state index is -0.273. The molecule has 2 rings (SSSR count). The van der Waals surface area contributed by atoms with Crippen LogP contribution in [0.3, 0.4) is 0 Å². The smallest absolute Gasteiger partial charge is 0.339 e. The van der Waals surface area contributed by atoms with Gasteiger partial charge in [0, 0.05) is 18.4 Å². The Hall–Kier alpha value is -1.51. The number of carbonyl (C=O) groups is 1. The van der Waals surface area contributed by atoms with E-state index in [-0.39, 0.29) is 5.97 Å². The SMILES string of the molecule is COC(=O)c1cc2n(c1)CC=C2. The van der Waals surface area contributed by atoms with Crippen molar-refractivity contribution in [3.05, 3.63) is 29.6 Å². The number of hydrogen-bond acceptors (Lipinski definition) is 2. The first-order valence-electron chi connectivity index (χ1n) is 3.76. The Kier molecular flexibility index (Phi) is 1.50. The van der Waals surface area contributed by atoms with E-state index < -0.39 is 0 Å². The number of hydrogen-bond donors (Lipinski definition) is 0. The molecule has 3 nitrogen and oxygen atoms in total. The van der Waals surface area contributed by atoms with E-state index in [1.807, 2.05) is 16.7 Å². The minimum Gasteiger partial charge on any atom is -0.465 e. The Labute approximate surface area is 70.3 Å². The lowest BCUT2D eigenvalue weighted by molar-refractivity contribution is 0.0600. The van der Waals surface area contributed by atoms with Gasteiger partial charge in [-0.05, 0) is 12.1 Å². The van der Waals surface area contributed by atoms with Gasteiger partial charge in [-0.1, -0.05) is 6.08 Å². The van der Waals surface area contributed by atoms with Gasteiger partial charge in [-0.3, -0.25) is 0 Å². The lowest BCUT2D eigenvalue weighted by Gasteiger charge is -1.93. The Morgan fingerprint density at radius 2 is 2.50 bits per heavy atom. The van der Waals surface area contributed by atoms with Gasteiger partial charge in [0.1, 0.15) is 0 Å². The second kappa shape index (κ2) is 2.52. The number of ether oxygens (including phenoxy) is 1. The van der Waals surface area contributed by atoms with Crippen LogP contribution in [0.5, 0.6) is 0 Å². The predicted octanol–water partition coefficient (Wildman–Crippen LogP) is 1.30. The Balaban J connectivity index is 2.36. The van der Waals surface area contributed by atoms with Gasteiger partial charge in [0.2, 0.25) is 0 Å². The molecule has 2 heterocycles. The molecule has 0 atom stereocenters. The molecule has 1 aromatic rings. The predicted molar refractivity (Wildman–Crippen MR) is 44.8 cm³/mol. The highest BCUT2D eigenvalue weighted by Crippen LogP contribution is 2.16. The summed E-state index contributed by atoms with van der Waals surface area (Å²) in [4.78, 5) is 11.1. The number of fused-ring (bicyclic) bond motifs is 1. The summed E-state index contributed by atoms with van der Waals surface area (Å²) in [6.07, 6.45) is 5.85. The van der Waals surface area contributed by atoms with Crippen LogP contribution in [0.4, 0.5) is 0 Å². The summed E-state index contributed by atoms with van der Waals surface area (Å²) >= 11 is 0. The number of nitrogens with zero attached hydrogens (tertiary/aromatic N) is 1. The summed E-state index contributed by atoms with van der Waals surface area (Å²) in [5, 5.41) is 0. The van der Waals surface area contributed by atoms with E-state index in [1.165, 1.54) is 7.11 Å². The van der Waals surface area contributed by atoms with E-state index in [0.717, 1.165) is 12.2 Å². The Morgan fingerprint density at radius 3 is 3.17 bits per heavy atom. The third kappa shape index (κ3) is 0.942. The number of allylic oxidation sites excluding steroid dienone is 1. The van der Waals surface area contributed by atoms with Crippen LogP contribution in [0.15, 0.2) is 18.3 Å². The van der Waals surface area contributed by atoms with Crippen molar-refractivity contribution in [3.8, 4) is 0 Å². The van der Waals surface area contributed by atoms with Gasteiger partial charge in [-0.25, -0.2) is 4.79 Å². The van der Waals surface area contributed by atoms with Crippen LogP contribution in [-0.2, 0) is 11.3 Å². The monoisotopic (exact) mass is 163 g/mol. The van der Waals surface area contributed by atoms with Gasteiger partial charge in [0.15, 0.2) is 0 Å². The van der Waals surface area contributed by atoms with Crippen molar-refractivity contribution < 1.29 is 9.53 Å². The standard InChI is InChI=1S/C9H9NO2/c1-12-9(11)7-5-8-3-2-4-10(8)6-7/h2-3,5-6H,4H2,1H3. The molecule has 12 heavy (non-hydrogen) atoms. The second-order valence-electron chi connectivity index (χ2n) is 2.70. The maximum absolute atomic E-state index is 11.1. The molecule has 0 N–H and O–H groups in total. The van der Waals surface area contributed by atoms with Gasteiger partial charge in [0.25, 0.3) is 0 Å². The van der Waals surface area contributed by atoms with Crippen LogP contribution in [0, 0.1) is 0 Å². The molecule has 0 saturated heterocycles. The zero-order valence-corrected chi connectivity index (χ0v) is 6.78. The summed E-state index contributed by atoms with van der Waals surface area (Å²) in [6.45, 7) is 0.853. The molecule has 0 radical (unpaired) electrons. The largest absolute Gasteiger partial charge is 0.465 e. The summed E-state index contributed by atoms with van der Waals surface area (Å²) in [5.41, 5.74) is 1.69. The van der Waals surface area contributed by atoms with Crippen LogP contribution in [0.2, 0.25) is 0 Å². The van der Waals surface area contributed by atoms with Crippen LogP contribution < -0.4 is 0 Å². The van der Waals surface area contributed by atoms with Crippen molar-refractivity contribution in [2.75, 3.05) is 7.11 Å². The van der Waals surface area contributed by atoms with Crippen LogP contribution >= 0.6 is 0 Å². The molecule has 1 aromatic heterocycles. The molecule has 0 spiro atoms. The normalized spacial score (nSPS) is 13.1. The van der Waals surface area contributed by atoms with Crippen molar-refractivity contribution >= 4 is 12.0 Å². The van der Waals surface area contributed by atoms with Gasteiger partial charge in [-0.2, -0.15) is 0 Å². The summed E-state index contributed by atoms with van der Waals surface area (Å²) < 4.78 is 6.60. The number of aromatic nitrogens is 1. The molecule has 0 unspecified atom stereocenters. The van der Waals surface area contributed by atoms with E-state index in [2.05, 4.69) is 10.8 Å². The molecule has 1 aliphatic heterocycles. The van der Waals surface area contributed by atoms with Gasteiger partial charge in [0.05, 0.1) is 12.7 Å². The van der Waals surface area contributed by atoms with Crippen LogP contribution in [-0.4, -0.2) is 17.6 Å². The van der Waals surface area contributed by atoms with Gasteiger partial charge >= 0.3 is 5.97 Å². The lowest BCUT2D eigenvalue weighted by Crippen LogP contribution is -1.99. The molecule has 1 aliphatic rings. The molecular formula is C9H9NO2. The van der Waals surface area contributed by atoms with E-state index in [1.54, 1.807) is 6.20 Å². The molecule has 0 aromatic carbocycles. The van der Waals surface area contributed by atoms with Crippen molar-refractivity contribution in [2.24, 2.45) is 0 Å². The molecule has 0 aliphatic carbocycles. The highest BCUT2D eigenvalue weighted by molar-refractivity contribution is 5.90. The zero-order valence-electron chi connectivity index (χ0n) is 6.78. The quantitative estimate of drug-likeness (QED) is 0.584. The van der Waals surface area contributed by atoms with Crippen molar-refractivity contribution in [2.45, 2.75) is 6.54 Å². The summed E-state index contributed by atoms with van der Waals surface area (Å²) in [5.74, 6) is -0.273. The molecule has 0 fully saturated rings. The average Bonchev–Trinajstić information content (AvgIpc) is 2.60. The summed E-state index contributed by atoms with van der Waals surface area (Å²) in [6, 6.07) is 1.83. The molecular weight excluding hydrogens is 154 g/mol. The maximum Gasteiger partial charge on any atom is 0.339 e. The highest BCUT2D eigenvalue weighted by atomic mass is 16.5.